The largest absolute Gasteiger partial charge is 0.363 e. The SMILES string of the molecule is C=CC(C)(C)[C@H]1CCN(C(=O)[C@@H](NC(=O)N[C@H](C(=O)C2CC2)C2CCC2)C(C)(C)C)C1C(=O)NCC(=O)C(N)=O. The second kappa shape index (κ2) is 12.1. The zero-order valence-electron chi connectivity index (χ0n) is 24.4. The normalized spacial score (nSPS) is 22.9. The first-order valence-electron chi connectivity index (χ1n) is 14.2. The fraction of sp³-hybridized carbons (Fsp3) is 0.724. The van der Waals surface area contributed by atoms with Gasteiger partial charge < -0.3 is 26.6 Å². The van der Waals surface area contributed by atoms with Crippen LogP contribution >= 0.6 is 0 Å². The monoisotopic (exact) mass is 559 g/mol. The smallest absolute Gasteiger partial charge is 0.316 e. The van der Waals surface area contributed by atoms with E-state index in [0.29, 0.717) is 6.42 Å². The number of urea groups is 1. The van der Waals surface area contributed by atoms with Gasteiger partial charge >= 0.3 is 6.03 Å². The number of nitrogens with one attached hydrogen (secondary N) is 3. The standard InChI is InChI=1S/C29H45N5O6/c1-7-29(5,6)18-13-14-34(21(18)25(38)31-15-19(35)24(30)37)26(39)23(28(2,3)4)33-27(40)32-20(16-9-8-10-16)22(36)17-11-12-17/h7,16-18,20-21,23H,1,8-15H2,2-6H3,(H2,30,37)(H,31,38)(H2,32,33,40)/t18-,20-,21?,23+/m0/s1. The lowest BCUT2D eigenvalue weighted by Crippen LogP contribution is -2.62. The molecule has 5 N–H and O–H groups in total. The van der Waals surface area contributed by atoms with E-state index in [1.165, 1.54) is 4.90 Å². The Morgan fingerprint density at radius 3 is 2.08 bits per heavy atom. The molecule has 0 aromatic carbocycles. The lowest BCUT2D eigenvalue weighted by atomic mass is 9.74. The van der Waals surface area contributed by atoms with Crippen LogP contribution in [0.2, 0.25) is 0 Å². The molecule has 40 heavy (non-hydrogen) atoms. The summed E-state index contributed by atoms with van der Waals surface area (Å²) in [4.78, 5) is 78.0. The first-order valence-corrected chi connectivity index (χ1v) is 14.2. The number of Topliss-reactive ketones (excluding diaryl/α,β-unsaturated/α-hetero) is 2. The van der Waals surface area contributed by atoms with Gasteiger partial charge in [0, 0.05) is 12.5 Å². The Balaban J connectivity index is 1.81. The fourth-order valence-corrected chi connectivity index (χ4v) is 5.60. The Bertz CT molecular complexity index is 1060. The van der Waals surface area contributed by atoms with Crippen molar-refractivity contribution >= 4 is 35.3 Å². The summed E-state index contributed by atoms with van der Waals surface area (Å²) in [6.07, 6.45) is 6.71. The van der Waals surface area contributed by atoms with Crippen LogP contribution in [0.15, 0.2) is 12.7 Å². The Kier molecular flexibility index (Phi) is 9.46. The molecule has 11 nitrogen and oxygen atoms in total. The zero-order chi connectivity index (χ0) is 30.0. The third kappa shape index (κ3) is 7.09. The van der Waals surface area contributed by atoms with Crippen LogP contribution in [-0.4, -0.2) is 71.4 Å². The van der Waals surface area contributed by atoms with Crippen molar-refractivity contribution in [2.75, 3.05) is 13.1 Å². The Labute approximate surface area is 236 Å². The van der Waals surface area contributed by atoms with Crippen molar-refractivity contribution in [1.29, 1.82) is 0 Å². The van der Waals surface area contributed by atoms with Crippen LogP contribution < -0.4 is 21.7 Å². The number of amides is 5. The second-order valence-electron chi connectivity index (χ2n) is 13.2. The molecular weight excluding hydrogens is 514 g/mol. The molecule has 1 heterocycles. The van der Waals surface area contributed by atoms with Gasteiger partial charge in [-0.25, -0.2) is 4.79 Å². The maximum absolute atomic E-state index is 14.1. The minimum Gasteiger partial charge on any atom is -0.363 e. The van der Waals surface area contributed by atoms with E-state index in [2.05, 4.69) is 22.5 Å². The van der Waals surface area contributed by atoms with Gasteiger partial charge in [0.25, 0.3) is 5.91 Å². The average molecular weight is 560 g/mol. The van der Waals surface area contributed by atoms with Gasteiger partial charge in [-0.1, -0.05) is 47.1 Å². The van der Waals surface area contributed by atoms with Crippen LogP contribution in [-0.2, 0) is 24.0 Å². The highest BCUT2D eigenvalue weighted by molar-refractivity contribution is 6.36. The number of ketones is 2. The van der Waals surface area contributed by atoms with Crippen molar-refractivity contribution in [2.24, 2.45) is 34.3 Å². The number of hydrogen-bond acceptors (Lipinski definition) is 6. The van der Waals surface area contributed by atoms with Crippen LogP contribution in [0.4, 0.5) is 4.79 Å². The maximum atomic E-state index is 14.1. The van der Waals surface area contributed by atoms with Crippen molar-refractivity contribution in [3.05, 3.63) is 12.7 Å². The van der Waals surface area contributed by atoms with E-state index >= 15 is 0 Å². The third-order valence-electron chi connectivity index (χ3n) is 8.71. The molecule has 4 atom stereocenters. The molecule has 3 rings (SSSR count). The van der Waals surface area contributed by atoms with E-state index in [1.54, 1.807) is 6.08 Å². The van der Waals surface area contributed by atoms with E-state index in [1.807, 2.05) is 34.6 Å². The number of nitrogens with zero attached hydrogens (tertiary/aromatic N) is 1. The van der Waals surface area contributed by atoms with Crippen LogP contribution in [0.3, 0.4) is 0 Å². The van der Waals surface area contributed by atoms with Crippen molar-refractivity contribution < 1.29 is 28.8 Å². The number of allylic oxidation sites excluding steroid dienone is 1. The molecule has 0 aromatic rings. The van der Waals surface area contributed by atoms with Crippen molar-refractivity contribution in [1.82, 2.24) is 20.9 Å². The summed E-state index contributed by atoms with van der Waals surface area (Å²) in [5.74, 6) is -3.29. The number of nitrogens with two attached hydrogens (primary N) is 1. The Morgan fingerprint density at radius 1 is 0.975 bits per heavy atom. The van der Waals surface area contributed by atoms with Gasteiger partial charge in [-0.3, -0.25) is 24.0 Å². The van der Waals surface area contributed by atoms with Gasteiger partial charge in [-0.15, -0.1) is 6.58 Å². The number of likely N-dealkylation sites (tertiary alicyclic amines) is 1. The first kappa shape index (κ1) is 31.3. The van der Waals surface area contributed by atoms with Crippen molar-refractivity contribution in [2.45, 2.75) is 91.3 Å². The van der Waals surface area contributed by atoms with Crippen LogP contribution in [0.25, 0.3) is 0 Å². The Hall–Kier alpha value is -3.24. The lowest BCUT2D eigenvalue weighted by molar-refractivity contribution is -0.144. The molecule has 1 unspecified atom stereocenters. The fourth-order valence-electron chi connectivity index (χ4n) is 5.60. The van der Waals surface area contributed by atoms with Crippen LogP contribution in [0.5, 0.6) is 0 Å². The van der Waals surface area contributed by atoms with Crippen molar-refractivity contribution in [3.63, 3.8) is 0 Å². The summed E-state index contributed by atoms with van der Waals surface area (Å²) in [6, 6.07) is -3.12. The molecule has 2 saturated carbocycles. The number of carbonyl (C=O) groups is 6. The highest BCUT2D eigenvalue weighted by atomic mass is 16.2. The summed E-state index contributed by atoms with van der Waals surface area (Å²) >= 11 is 0. The molecule has 0 radical (unpaired) electrons. The highest BCUT2D eigenvalue weighted by Crippen LogP contribution is 2.41. The molecule has 222 valence electrons. The molecule has 0 spiro atoms. The van der Waals surface area contributed by atoms with Gasteiger partial charge in [0.1, 0.15) is 12.1 Å². The minimum absolute atomic E-state index is 0.00131. The lowest BCUT2D eigenvalue weighted by Gasteiger charge is -2.39. The topological polar surface area (TPSA) is 168 Å². The van der Waals surface area contributed by atoms with Gasteiger partial charge in [0.2, 0.25) is 17.6 Å². The summed E-state index contributed by atoms with van der Waals surface area (Å²) in [7, 11) is 0. The number of primary amides is 1. The average Bonchev–Trinajstić information content (AvgIpc) is 3.59. The molecule has 1 aliphatic heterocycles. The quantitative estimate of drug-likeness (QED) is 0.208. The summed E-state index contributed by atoms with van der Waals surface area (Å²) in [5.41, 5.74) is 3.76. The van der Waals surface area contributed by atoms with E-state index in [0.717, 1.165) is 32.1 Å². The first-order chi connectivity index (χ1) is 18.6. The zero-order valence-corrected chi connectivity index (χ0v) is 24.4. The van der Waals surface area contributed by atoms with Gasteiger partial charge in [0.15, 0.2) is 5.78 Å². The van der Waals surface area contributed by atoms with Crippen LogP contribution in [0, 0.1) is 28.6 Å². The summed E-state index contributed by atoms with van der Waals surface area (Å²) < 4.78 is 0. The molecule has 1 saturated heterocycles. The Morgan fingerprint density at radius 2 is 1.60 bits per heavy atom. The highest BCUT2D eigenvalue weighted by Gasteiger charge is 2.50. The number of rotatable bonds is 12. The summed E-state index contributed by atoms with van der Waals surface area (Å²) in [6.45, 7) is 12.8. The van der Waals surface area contributed by atoms with Crippen molar-refractivity contribution in [3.8, 4) is 0 Å². The predicted molar refractivity (Wildman–Crippen MR) is 149 cm³/mol. The second-order valence-corrected chi connectivity index (χ2v) is 13.2. The van der Waals surface area contributed by atoms with E-state index in [4.69, 9.17) is 5.73 Å². The molecule has 0 bridgehead atoms. The van der Waals surface area contributed by atoms with E-state index in [9.17, 15) is 28.8 Å². The number of carbonyl (C=O) groups excluding carboxylic acids is 6. The van der Waals surface area contributed by atoms with Crippen LogP contribution in [0.1, 0.15) is 73.1 Å². The molecular formula is C29H45N5O6. The van der Waals surface area contributed by atoms with E-state index in [-0.39, 0.29) is 30.1 Å². The van der Waals surface area contributed by atoms with Gasteiger partial charge in [-0.2, -0.15) is 0 Å². The molecule has 3 fully saturated rings. The van der Waals surface area contributed by atoms with E-state index < -0.39 is 65.0 Å². The molecule has 0 aromatic heterocycles. The molecule has 11 heteroatoms. The van der Waals surface area contributed by atoms with Gasteiger partial charge in [-0.05, 0) is 54.8 Å². The van der Waals surface area contributed by atoms with Gasteiger partial charge in [0.05, 0.1) is 12.6 Å². The summed E-state index contributed by atoms with van der Waals surface area (Å²) in [5, 5.41) is 8.14. The minimum atomic E-state index is -1.16. The third-order valence-corrected chi connectivity index (χ3v) is 8.71. The molecule has 3 aliphatic rings. The predicted octanol–water partition coefficient (Wildman–Crippen LogP) is 1.45. The molecule has 5 amide bonds. The molecule has 2 aliphatic carbocycles. The maximum Gasteiger partial charge on any atom is 0.316 e. The number of hydrogen-bond donors (Lipinski definition) is 4.